The van der Waals surface area contributed by atoms with Gasteiger partial charge in [0.05, 0.1) is 0 Å². The summed E-state index contributed by atoms with van der Waals surface area (Å²) in [6.07, 6.45) is 2.45. The Morgan fingerprint density at radius 3 is 2.36 bits per heavy atom. The smallest absolute Gasteiger partial charge is 0.408 e. The van der Waals surface area contributed by atoms with E-state index in [1.54, 1.807) is 13.0 Å². The third kappa shape index (κ3) is 4.07. The number of ether oxygens (including phenoxy) is 2. The quantitative estimate of drug-likeness (QED) is 0.848. The van der Waals surface area contributed by atoms with Crippen LogP contribution in [0.25, 0.3) is 0 Å². The standard InChI is InChI=1S/C20H19NO4/c1-20(13-12-17(22)25-20)18(16-10-6-3-7-11-16)21-19(23)24-14-15-8-4-2-5-9-15/h2-13,18H,14H2,1H3,(H,21,23)/t18-,20?/m0/s1. The summed E-state index contributed by atoms with van der Waals surface area (Å²) >= 11 is 0. The summed E-state index contributed by atoms with van der Waals surface area (Å²) in [7, 11) is 0. The van der Waals surface area contributed by atoms with E-state index in [-0.39, 0.29) is 6.61 Å². The van der Waals surface area contributed by atoms with Gasteiger partial charge in [-0.2, -0.15) is 0 Å². The van der Waals surface area contributed by atoms with Gasteiger partial charge in [-0.25, -0.2) is 9.59 Å². The fraction of sp³-hybridized carbons (Fsp3) is 0.200. The van der Waals surface area contributed by atoms with Gasteiger partial charge in [0, 0.05) is 6.08 Å². The molecule has 3 rings (SSSR count). The summed E-state index contributed by atoms with van der Waals surface area (Å²) < 4.78 is 10.7. The van der Waals surface area contributed by atoms with E-state index in [1.165, 1.54) is 6.08 Å². The van der Waals surface area contributed by atoms with Crippen molar-refractivity contribution in [1.29, 1.82) is 0 Å². The summed E-state index contributed by atoms with van der Waals surface area (Å²) in [5.41, 5.74) is 0.748. The minimum atomic E-state index is -0.968. The minimum absolute atomic E-state index is 0.167. The van der Waals surface area contributed by atoms with Crippen LogP contribution in [0, 0.1) is 0 Å². The summed E-state index contributed by atoms with van der Waals surface area (Å²) in [5.74, 6) is -0.428. The molecule has 0 aromatic heterocycles. The van der Waals surface area contributed by atoms with E-state index in [0.717, 1.165) is 11.1 Å². The SMILES string of the molecule is CC1([C@@H](NC(=O)OCc2ccccc2)c2ccccc2)C=CC(=O)O1. The van der Waals surface area contributed by atoms with Gasteiger partial charge < -0.3 is 14.8 Å². The number of amides is 1. The molecular weight excluding hydrogens is 318 g/mol. The molecule has 1 heterocycles. The van der Waals surface area contributed by atoms with Crippen molar-refractivity contribution in [2.45, 2.75) is 25.2 Å². The molecule has 1 aliphatic rings. The number of esters is 1. The van der Waals surface area contributed by atoms with Crippen LogP contribution >= 0.6 is 0 Å². The second-order valence-electron chi connectivity index (χ2n) is 5.99. The molecular formula is C20H19NO4. The molecule has 1 amide bonds. The van der Waals surface area contributed by atoms with Gasteiger partial charge in [-0.1, -0.05) is 60.7 Å². The normalized spacial score (nSPS) is 20.0. The highest BCUT2D eigenvalue weighted by atomic mass is 16.6. The van der Waals surface area contributed by atoms with Gasteiger partial charge in [-0.05, 0) is 24.1 Å². The van der Waals surface area contributed by atoms with E-state index >= 15 is 0 Å². The van der Waals surface area contributed by atoms with Gasteiger partial charge in [0.2, 0.25) is 0 Å². The number of benzene rings is 2. The Kier molecular flexibility index (Phi) is 4.84. The van der Waals surface area contributed by atoms with Crippen molar-refractivity contribution in [3.63, 3.8) is 0 Å². The lowest BCUT2D eigenvalue weighted by Gasteiger charge is -2.32. The van der Waals surface area contributed by atoms with Gasteiger partial charge in [-0.15, -0.1) is 0 Å². The molecule has 0 saturated carbocycles. The third-order valence-electron chi connectivity index (χ3n) is 4.05. The van der Waals surface area contributed by atoms with E-state index in [9.17, 15) is 9.59 Å². The molecule has 5 nitrogen and oxygen atoms in total. The van der Waals surface area contributed by atoms with Crippen LogP contribution in [-0.4, -0.2) is 17.7 Å². The molecule has 0 saturated heterocycles. The fourth-order valence-corrected chi connectivity index (χ4v) is 2.76. The number of cyclic esters (lactones) is 1. The summed E-state index contributed by atoms with van der Waals surface area (Å²) in [6, 6.07) is 18.2. The summed E-state index contributed by atoms with van der Waals surface area (Å²) in [6.45, 7) is 1.92. The maximum absolute atomic E-state index is 12.3. The summed E-state index contributed by atoms with van der Waals surface area (Å²) in [4.78, 5) is 23.8. The van der Waals surface area contributed by atoms with Crippen LogP contribution in [0.5, 0.6) is 0 Å². The first-order valence-electron chi connectivity index (χ1n) is 8.01. The highest BCUT2D eigenvalue weighted by molar-refractivity contribution is 5.85. The van der Waals surface area contributed by atoms with Crippen molar-refractivity contribution in [3.8, 4) is 0 Å². The molecule has 2 atom stereocenters. The van der Waals surface area contributed by atoms with Crippen LogP contribution in [0.4, 0.5) is 4.79 Å². The average Bonchev–Trinajstić information content (AvgIpc) is 2.99. The Balaban J connectivity index is 1.73. The highest BCUT2D eigenvalue weighted by Crippen LogP contribution is 2.34. The molecule has 2 aromatic carbocycles. The van der Waals surface area contributed by atoms with Crippen molar-refractivity contribution < 1.29 is 19.1 Å². The average molecular weight is 337 g/mol. The molecule has 1 N–H and O–H groups in total. The molecule has 0 spiro atoms. The Hall–Kier alpha value is -3.08. The van der Waals surface area contributed by atoms with E-state index in [4.69, 9.17) is 9.47 Å². The van der Waals surface area contributed by atoms with Crippen molar-refractivity contribution in [1.82, 2.24) is 5.32 Å². The molecule has 5 heteroatoms. The molecule has 0 radical (unpaired) electrons. The molecule has 2 aromatic rings. The van der Waals surface area contributed by atoms with E-state index in [2.05, 4.69) is 5.32 Å². The Bertz CT molecular complexity index is 773. The topological polar surface area (TPSA) is 64.6 Å². The molecule has 25 heavy (non-hydrogen) atoms. The molecule has 0 bridgehead atoms. The lowest BCUT2D eigenvalue weighted by molar-refractivity contribution is -0.146. The van der Waals surface area contributed by atoms with Crippen LogP contribution in [0.15, 0.2) is 72.8 Å². The van der Waals surface area contributed by atoms with E-state index in [1.807, 2.05) is 60.7 Å². The maximum atomic E-state index is 12.3. The van der Waals surface area contributed by atoms with Crippen LogP contribution in [0.2, 0.25) is 0 Å². The molecule has 0 fully saturated rings. The predicted octanol–water partition coefficient (Wildman–Crippen LogP) is 3.53. The molecule has 128 valence electrons. The Morgan fingerprint density at radius 2 is 1.76 bits per heavy atom. The van der Waals surface area contributed by atoms with Crippen molar-refractivity contribution in [2.75, 3.05) is 0 Å². The lowest BCUT2D eigenvalue weighted by Crippen LogP contribution is -2.44. The first kappa shape index (κ1) is 16.8. The number of hydrogen-bond donors (Lipinski definition) is 1. The Labute approximate surface area is 146 Å². The van der Waals surface area contributed by atoms with Gasteiger partial charge in [0.25, 0.3) is 0 Å². The number of carbonyl (C=O) groups excluding carboxylic acids is 2. The van der Waals surface area contributed by atoms with Crippen molar-refractivity contribution in [3.05, 3.63) is 83.9 Å². The largest absolute Gasteiger partial charge is 0.449 e. The van der Waals surface area contributed by atoms with Crippen LogP contribution in [0.1, 0.15) is 24.1 Å². The third-order valence-corrected chi connectivity index (χ3v) is 4.05. The molecule has 1 aliphatic heterocycles. The maximum Gasteiger partial charge on any atom is 0.408 e. The van der Waals surface area contributed by atoms with Gasteiger partial charge in [-0.3, -0.25) is 0 Å². The van der Waals surface area contributed by atoms with Crippen LogP contribution < -0.4 is 5.32 Å². The number of carbonyl (C=O) groups is 2. The van der Waals surface area contributed by atoms with Gasteiger partial charge in [0.15, 0.2) is 5.60 Å². The van der Waals surface area contributed by atoms with Crippen LogP contribution in [-0.2, 0) is 20.9 Å². The van der Waals surface area contributed by atoms with Crippen molar-refractivity contribution in [2.24, 2.45) is 0 Å². The molecule has 0 aliphatic carbocycles. The van der Waals surface area contributed by atoms with Gasteiger partial charge in [0.1, 0.15) is 12.6 Å². The van der Waals surface area contributed by atoms with E-state index < -0.39 is 23.7 Å². The van der Waals surface area contributed by atoms with Crippen molar-refractivity contribution >= 4 is 12.1 Å². The molecule has 1 unspecified atom stereocenters. The number of alkyl carbamates (subject to hydrolysis) is 1. The lowest BCUT2D eigenvalue weighted by atomic mass is 9.90. The predicted molar refractivity (Wildman–Crippen MR) is 92.6 cm³/mol. The number of rotatable bonds is 5. The van der Waals surface area contributed by atoms with Gasteiger partial charge >= 0.3 is 12.1 Å². The second kappa shape index (κ2) is 7.21. The number of nitrogens with one attached hydrogen (secondary N) is 1. The fourth-order valence-electron chi connectivity index (χ4n) is 2.76. The van der Waals surface area contributed by atoms with E-state index in [0.29, 0.717) is 0 Å². The zero-order valence-corrected chi connectivity index (χ0v) is 13.8. The zero-order valence-electron chi connectivity index (χ0n) is 13.8. The van der Waals surface area contributed by atoms with Crippen LogP contribution in [0.3, 0.4) is 0 Å². The monoisotopic (exact) mass is 337 g/mol. The highest BCUT2D eigenvalue weighted by Gasteiger charge is 2.41. The first-order valence-corrected chi connectivity index (χ1v) is 8.01. The second-order valence-corrected chi connectivity index (χ2v) is 5.99. The first-order chi connectivity index (χ1) is 12.1. The summed E-state index contributed by atoms with van der Waals surface area (Å²) in [5, 5.41) is 2.82. The number of hydrogen-bond acceptors (Lipinski definition) is 4. The Morgan fingerprint density at radius 1 is 1.12 bits per heavy atom. The minimum Gasteiger partial charge on any atom is -0.449 e. The zero-order chi connectivity index (χ0) is 17.7.